The molecular weight excluding hydrogens is 961 g/mol. The molecule has 0 N–H and O–H groups in total. The fourth-order valence-electron chi connectivity index (χ4n) is 7.63. The van der Waals surface area contributed by atoms with Crippen molar-refractivity contribution in [3.63, 3.8) is 0 Å². The second kappa shape index (κ2) is 18.8. The molecule has 7 aromatic rings. The van der Waals surface area contributed by atoms with Crippen LogP contribution in [0.15, 0.2) is 72.9 Å². The fraction of sp³-hybridized carbons (Fsp3) is 0.0667. The van der Waals surface area contributed by atoms with Crippen LogP contribution in [-0.4, -0.2) is 11.9 Å². The Bertz CT molecular complexity index is 2820. The number of hydrogen-bond donors (Lipinski definition) is 0. The molecule has 0 amide bonds. The van der Waals surface area contributed by atoms with Gasteiger partial charge < -0.3 is 0 Å². The Balaban J connectivity index is 0.000000276. The third-order valence-corrected chi connectivity index (χ3v) is 10.9. The lowest BCUT2D eigenvalue weighted by atomic mass is 9.12. The van der Waals surface area contributed by atoms with E-state index in [0.717, 1.165) is 11.3 Å². The van der Waals surface area contributed by atoms with Crippen LogP contribution in [0.3, 0.4) is 0 Å². The summed E-state index contributed by atoms with van der Waals surface area (Å²) in [5.41, 5.74) is -8.84. The number of carbonyl (C=O) groups is 1. The maximum Gasteiger partial charge on any atom is 0.227 e. The number of carbonyl (C=O) groups excluding carboxylic acids is 1. The van der Waals surface area contributed by atoms with E-state index < -0.39 is 144 Å². The molecule has 0 atom stereocenters. The van der Waals surface area contributed by atoms with Gasteiger partial charge in [-0.05, 0) is 37.1 Å². The van der Waals surface area contributed by atoms with Gasteiger partial charge in [0, 0.05) is 23.3 Å². The van der Waals surface area contributed by atoms with Crippen LogP contribution in [0.2, 0.25) is 0 Å². The number of aromatic nitrogens is 1. The van der Waals surface area contributed by atoms with E-state index in [1.807, 2.05) is 53.2 Å². The fourth-order valence-corrected chi connectivity index (χ4v) is 7.63. The summed E-state index contributed by atoms with van der Waals surface area (Å²) in [6.45, 7) is 4.58. The molecule has 0 aliphatic rings. The molecule has 23 heteroatoms. The third kappa shape index (κ3) is 7.89. The van der Waals surface area contributed by atoms with Gasteiger partial charge in [0.25, 0.3) is 0 Å². The van der Waals surface area contributed by atoms with Gasteiger partial charge in [-0.25, -0.2) is 87.8 Å². The second-order valence-electron chi connectivity index (χ2n) is 14.6. The number of ketones is 1. The first-order valence-electron chi connectivity index (χ1n) is 18.7. The first-order valence-corrected chi connectivity index (χ1v) is 18.7. The monoisotopic (exact) mass is 981 g/mol. The molecule has 1 aromatic heterocycles. The maximum atomic E-state index is 15.4. The zero-order valence-electron chi connectivity index (χ0n) is 33.6. The van der Waals surface area contributed by atoms with E-state index in [-0.39, 0.29) is 5.78 Å². The molecule has 0 saturated heterocycles. The lowest BCUT2D eigenvalue weighted by Gasteiger charge is -2.44. The Morgan fingerprint density at radius 3 is 1.03 bits per heavy atom. The highest BCUT2D eigenvalue weighted by Gasteiger charge is 2.52. The summed E-state index contributed by atoms with van der Waals surface area (Å²) in [7, 11) is 0. The Kier molecular flexibility index (Phi) is 13.9. The molecular formula is C45H20BF20NO. The van der Waals surface area contributed by atoms with Crippen molar-refractivity contribution >= 4 is 33.8 Å². The van der Waals surface area contributed by atoms with Gasteiger partial charge in [0.15, 0.2) is 76.0 Å². The van der Waals surface area contributed by atoms with Crippen molar-refractivity contribution < 1.29 is 97.2 Å². The number of hydrogen-bond acceptors (Lipinski definition) is 1. The first-order chi connectivity index (χ1) is 31.9. The second-order valence-corrected chi connectivity index (χ2v) is 14.6. The largest absolute Gasteiger partial charge is 0.287 e. The number of halogens is 20. The third-order valence-electron chi connectivity index (χ3n) is 10.9. The van der Waals surface area contributed by atoms with Gasteiger partial charge in [-0.3, -0.25) is 4.79 Å². The van der Waals surface area contributed by atoms with Gasteiger partial charge in [0.2, 0.25) is 18.0 Å². The minimum absolute atomic E-state index is 0.119. The van der Waals surface area contributed by atoms with E-state index in [1.54, 1.807) is 0 Å². The molecule has 2 nitrogen and oxygen atoms in total. The van der Waals surface area contributed by atoms with Gasteiger partial charge in [-0.1, -0.05) is 42.5 Å². The number of aryl methyl sites for hydroxylation is 1. The molecule has 354 valence electrons. The highest BCUT2D eigenvalue weighted by atomic mass is 19.2. The smallest absolute Gasteiger partial charge is 0.227 e. The molecule has 0 bridgehead atoms. The van der Waals surface area contributed by atoms with Gasteiger partial charge in [-0.2, -0.15) is 4.57 Å². The number of nitrogens with zero attached hydrogens (tertiary/aromatic N) is 1. The van der Waals surface area contributed by atoms with Crippen LogP contribution in [0.4, 0.5) is 87.8 Å². The molecule has 0 aliphatic heterocycles. The van der Waals surface area contributed by atoms with Crippen LogP contribution in [0.5, 0.6) is 0 Å². The summed E-state index contributed by atoms with van der Waals surface area (Å²) < 4.78 is 296. The predicted molar refractivity (Wildman–Crippen MR) is 202 cm³/mol. The molecule has 6 aromatic carbocycles. The molecule has 7 rings (SSSR count). The Morgan fingerprint density at radius 1 is 0.382 bits per heavy atom. The van der Waals surface area contributed by atoms with Crippen molar-refractivity contribution in [1.29, 1.82) is 0 Å². The first kappa shape index (κ1) is 50.2. The minimum atomic E-state index is -7.22. The van der Waals surface area contributed by atoms with E-state index in [4.69, 9.17) is 0 Å². The molecule has 0 aliphatic carbocycles. The summed E-state index contributed by atoms with van der Waals surface area (Å²) in [6.07, 6.45) is -5.25. The number of pyridine rings is 1. The molecule has 0 unspecified atom stereocenters. The Labute approximate surface area is 368 Å². The van der Waals surface area contributed by atoms with Crippen LogP contribution in [0, 0.1) is 130 Å². The Hall–Kier alpha value is -7.20. The van der Waals surface area contributed by atoms with E-state index >= 15 is 35.1 Å². The van der Waals surface area contributed by atoms with E-state index in [2.05, 4.69) is 38.1 Å². The average Bonchev–Trinajstić information content (AvgIpc) is 3.33. The summed E-state index contributed by atoms with van der Waals surface area (Å²) in [4.78, 5) is 12.5. The zero-order chi connectivity index (χ0) is 50.6. The van der Waals surface area contributed by atoms with Crippen molar-refractivity contribution in [2.24, 2.45) is 0 Å². The minimum Gasteiger partial charge on any atom is -0.287 e. The molecule has 0 saturated carbocycles. The predicted octanol–water partition coefficient (Wildman–Crippen LogP) is 9.99. The van der Waals surface area contributed by atoms with Crippen molar-refractivity contribution in [1.82, 2.24) is 0 Å². The SMILES string of the molecule is Cc1cccc(-c2cccc[n+]2CC(=O)c2ccccc2)c1C.Fc1c(F)c(F)c([B-](c2c(F)c(F)c(F)c(F)c2F)(c2c(F)c(F)c(F)c(F)c2F)c2c(F)c(F)c(F)c(F)c2F)c(F)c1F. The van der Waals surface area contributed by atoms with Crippen molar-refractivity contribution in [3.8, 4) is 11.3 Å². The topological polar surface area (TPSA) is 20.9 Å². The highest BCUT2D eigenvalue weighted by molar-refractivity contribution is 7.20. The van der Waals surface area contributed by atoms with Gasteiger partial charge in [0.1, 0.15) is 52.7 Å². The van der Waals surface area contributed by atoms with E-state index in [0.29, 0.717) is 6.54 Å². The molecule has 68 heavy (non-hydrogen) atoms. The zero-order valence-corrected chi connectivity index (χ0v) is 33.6. The van der Waals surface area contributed by atoms with Crippen LogP contribution >= 0.6 is 0 Å². The van der Waals surface area contributed by atoms with Crippen LogP contribution in [0.1, 0.15) is 21.5 Å². The summed E-state index contributed by atoms with van der Waals surface area (Å²) in [6, 6.07) is 21.8. The van der Waals surface area contributed by atoms with Crippen molar-refractivity contribution in [3.05, 3.63) is 206 Å². The van der Waals surface area contributed by atoms with Gasteiger partial charge in [0.05, 0.1) is 0 Å². The van der Waals surface area contributed by atoms with Crippen molar-refractivity contribution in [2.45, 2.75) is 20.4 Å². The number of rotatable bonds is 8. The van der Waals surface area contributed by atoms with E-state index in [9.17, 15) is 57.5 Å². The van der Waals surface area contributed by atoms with Crippen LogP contribution < -0.4 is 26.4 Å². The molecule has 0 spiro atoms. The number of benzene rings is 6. The molecule has 1 heterocycles. The normalized spacial score (nSPS) is 11.5. The standard InChI is InChI=1S/C24BF20.C21H20NO/c26-5-1(6(27)14(35)21(42)13(5)34)25(2-7(28)15(36)22(43)16(37)8(2)29,3-9(30)17(38)23(44)18(39)10(3)31)4-11(32)19(40)24(45)20(41)12(4)33;1-16-9-8-12-19(17(16)2)20-13-6-7-14-22(20)15-21(23)18-10-4-3-5-11-18/h;3-14H,15H2,1-2H3/q-1;+1. The summed E-state index contributed by atoms with van der Waals surface area (Å²) in [5.74, 6) is -71.3. The lowest BCUT2D eigenvalue weighted by molar-refractivity contribution is -0.672. The van der Waals surface area contributed by atoms with Crippen molar-refractivity contribution in [2.75, 3.05) is 0 Å². The van der Waals surface area contributed by atoms with Crippen LogP contribution in [0.25, 0.3) is 11.3 Å². The maximum absolute atomic E-state index is 15.4. The average molecular weight is 981 g/mol. The highest BCUT2D eigenvalue weighted by Crippen LogP contribution is 2.31. The summed E-state index contributed by atoms with van der Waals surface area (Å²) in [5, 5.41) is 0. The summed E-state index contributed by atoms with van der Waals surface area (Å²) >= 11 is 0. The number of Topliss-reactive ketones (excluding diaryl/α,β-unsaturated/α-hetero) is 1. The van der Waals surface area contributed by atoms with Crippen LogP contribution in [-0.2, 0) is 6.54 Å². The van der Waals surface area contributed by atoms with E-state index in [1.165, 1.54) is 16.7 Å². The lowest BCUT2D eigenvalue weighted by Crippen LogP contribution is -2.81. The quantitative estimate of drug-likeness (QED) is 0.0371. The van der Waals surface area contributed by atoms with Gasteiger partial charge in [-0.15, -0.1) is 21.9 Å². The van der Waals surface area contributed by atoms with Gasteiger partial charge >= 0.3 is 0 Å². The molecule has 0 radical (unpaired) electrons. The molecule has 0 fully saturated rings. The Morgan fingerprint density at radius 2 is 0.691 bits per heavy atom.